The van der Waals surface area contributed by atoms with E-state index in [0.29, 0.717) is 12.4 Å². The van der Waals surface area contributed by atoms with Gasteiger partial charge >= 0.3 is 6.09 Å². The molecule has 19 heavy (non-hydrogen) atoms. The Kier molecular flexibility index (Phi) is 4.11. The lowest BCUT2D eigenvalue weighted by molar-refractivity contribution is 0.152. The Balaban J connectivity index is 2.34. The maximum Gasteiger partial charge on any atom is 0.404 e. The third-order valence-electron chi connectivity index (χ3n) is 2.71. The van der Waals surface area contributed by atoms with E-state index in [1.54, 1.807) is 7.11 Å². The third kappa shape index (κ3) is 2.90. The van der Waals surface area contributed by atoms with Gasteiger partial charge in [-0.15, -0.1) is 11.6 Å². The van der Waals surface area contributed by atoms with Crippen LogP contribution >= 0.6 is 11.6 Å². The number of aromatic nitrogens is 2. The molecule has 7 heteroatoms. The molecule has 2 aromatic rings. The topological polar surface area (TPSA) is 79.4 Å². The highest BCUT2D eigenvalue weighted by atomic mass is 35.5. The molecular formula is C12H14ClN3O3. The predicted molar refractivity (Wildman–Crippen MR) is 71.4 cm³/mol. The fourth-order valence-corrected chi connectivity index (χ4v) is 2.07. The van der Waals surface area contributed by atoms with E-state index in [0.717, 1.165) is 16.8 Å². The fraction of sp³-hybridized carbons (Fsp3) is 0.333. The van der Waals surface area contributed by atoms with Crippen molar-refractivity contribution in [2.45, 2.75) is 12.4 Å². The van der Waals surface area contributed by atoms with E-state index in [9.17, 15) is 4.79 Å². The Bertz CT molecular complexity index is 597. The molecule has 1 aromatic heterocycles. The van der Waals surface area contributed by atoms with Gasteiger partial charge in [0, 0.05) is 6.07 Å². The van der Waals surface area contributed by atoms with Crippen molar-refractivity contribution in [3.63, 3.8) is 0 Å². The van der Waals surface area contributed by atoms with Gasteiger partial charge in [-0.25, -0.2) is 9.78 Å². The Morgan fingerprint density at radius 1 is 1.53 bits per heavy atom. The van der Waals surface area contributed by atoms with Crippen molar-refractivity contribution >= 4 is 28.7 Å². The lowest BCUT2D eigenvalue weighted by Crippen LogP contribution is -2.17. The van der Waals surface area contributed by atoms with E-state index in [-0.39, 0.29) is 12.5 Å². The first-order valence-electron chi connectivity index (χ1n) is 5.67. The van der Waals surface area contributed by atoms with Gasteiger partial charge in [0.1, 0.15) is 18.2 Å². The number of amides is 1. The number of carbonyl (C=O) groups is 1. The zero-order valence-electron chi connectivity index (χ0n) is 10.4. The summed E-state index contributed by atoms with van der Waals surface area (Å²) >= 11 is 5.87. The molecule has 6 nitrogen and oxygen atoms in total. The van der Waals surface area contributed by atoms with Gasteiger partial charge in [-0.2, -0.15) is 0 Å². The van der Waals surface area contributed by atoms with Crippen molar-refractivity contribution in [3.05, 3.63) is 24.0 Å². The van der Waals surface area contributed by atoms with Gasteiger partial charge in [-0.05, 0) is 12.1 Å². The number of benzene rings is 1. The molecule has 0 unspecified atom stereocenters. The van der Waals surface area contributed by atoms with Crippen LogP contribution in [0, 0.1) is 0 Å². The second kappa shape index (κ2) is 5.79. The highest BCUT2D eigenvalue weighted by molar-refractivity contribution is 6.16. The number of rotatable bonds is 5. The predicted octanol–water partition coefficient (Wildman–Crippen LogP) is 1.88. The van der Waals surface area contributed by atoms with E-state index in [1.165, 1.54) is 0 Å². The fourth-order valence-electron chi connectivity index (χ4n) is 1.87. The van der Waals surface area contributed by atoms with Gasteiger partial charge in [-0.1, -0.05) is 0 Å². The lowest BCUT2D eigenvalue weighted by Gasteiger charge is -2.08. The van der Waals surface area contributed by atoms with Crippen molar-refractivity contribution in [1.29, 1.82) is 0 Å². The largest absolute Gasteiger partial charge is 0.497 e. The number of carbonyl (C=O) groups excluding carboxylic acids is 1. The summed E-state index contributed by atoms with van der Waals surface area (Å²) in [7, 11) is 1.60. The number of nitrogens with zero attached hydrogens (tertiary/aromatic N) is 2. The van der Waals surface area contributed by atoms with Gasteiger partial charge in [0.25, 0.3) is 0 Å². The van der Waals surface area contributed by atoms with Gasteiger partial charge in [0.15, 0.2) is 0 Å². The third-order valence-corrected chi connectivity index (χ3v) is 2.95. The number of imidazole rings is 1. The SMILES string of the molecule is COc1ccc2nc(CCl)n(CCOC(N)=O)c2c1. The number of ether oxygens (including phenoxy) is 2. The van der Waals surface area contributed by atoms with Crippen molar-refractivity contribution in [3.8, 4) is 5.75 Å². The van der Waals surface area contributed by atoms with Crippen LogP contribution in [0.15, 0.2) is 18.2 Å². The zero-order valence-corrected chi connectivity index (χ0v) is 11.2. The highest BCUT2D eigenvalue weighted by Crippen LogP contribution is 2.22. The van der Waals surface area contributed by atoms with Crippen LogP contribution in [-0.2, 0) is 17.2 Å². The van der Waals surface area contributed by atoms with E-state index >= 15 is 0 Å². The van der Waals surface area contributed by atoms with Crippen LogP contribution in [0.4, 0.5) is 4.79 Å². The van der Waals surface area contributed by atoms with Gasteiger partial charge in [0.2, 0.25) is 0 Å². The highest BCUT2D eigenvalue weighted by Gasteiger charge is 2.11. The normalized spacial score (nSPS) is 10.6. The molecule has 0 fully saturated rings. The van der Waals surface area contributed by atoms with Crippen LogP contribution in [0.5, 0.6) is 5.75 Å². The average Bonchev–Trinajstić information content (AvgIpc) is 2.75. The molecular weight excluding hydrogens is 270 g/mol. The van der Waals surface area contributed by atoms with E-state index in [2.05, 4.69) is 4.98 Å². The molecule has 0 spiro atoms. The summed E-state index contributed by atoms with van der Waals surface area (Å²) in [6.07, 6.45) is -0.797. The summed E-state index contributed by atoms with van der Waals surface area (Å²) in [4.78, 5) is 15.0. The van der Waals surface area contributed by atoms with Crippen molar-refractivity contribution in [1.82, 2.24) is 9.55 Å². The molecule has 2 N–H and O–H groups in total. The number of primary amides is 1. The smallest absolute Gasteiger partial charge is 0.404 e. The first kappa shape index (κ1) is 13.5. The second-order valence-corrected chi connectivity index (χ2v) is 4.10. The summed E-state index contributed by atoms with van der Waals surface area (Å²) in [6.45, 7) is 0.608. The molecule has 0 aliphatic carbocycles. The van der Waals surface area contributed by atoms with Gasteiger partial charge in [0.05, 0.1) is 30.6 Å². The summed E-state index contributed by atoms with van der Waals surface area (Å²) in [6, 6.07) is 5.55. The number of fused-ring (bicyclic) bond motifs is 1. The number of methoxy groups -OCH3 is 1. The number of alkyl halides is 1. The molecule has 0 aliphatic heterocycles. The van der Waals surface area contributed by atoms with Crippen LogP contribution in [0.2, 0.25) is 0 Å². The number of nitrogens with two attached hydrogens (primary N) is 1. The van der Waals surface area contributed by atoms with E-state index in [1.807, 2.05) is 22.8 Å². The average molecular weight is 284 g/mol. The second-order valence-electron chi connectivity index (χ2n) is 3.84. The van der Waals surface area contributed by atoms with E-state index < -0.39 is 6.09 Å². The Labute approximate surface area is 115 Å². The van der Waals surface area contributed by atoms with Gasteiger partial charge < -0.3 is 19.8 Å². The molecule has 0 aliphatic rings. The Morgan fingerprint density at radius 2 is 2.32 bits per heavy atom. The molecule has 0 atom stereocenters. The van der Waals surface area contributed by atoms with Crippen LogP contribution in [0.1, 0.15) is 5.82 Å². The summed E-state index contributed by atoms with van der Waals surface area (Å²) in [5.74, 6) is 1.71. The van der Waals surface area contributed by atoms with Crippen LogP contribution in [-0.4, -0.2) is 29.4 Å². The number of hydrogen-bond acceptors (Lipinski definition) is 4. The van der Waals surface area contributed by atoms with Crippen LogP contribution < -0.4 is 10.5 Å². The van der Waals surface area contributed by atoms with Crippen molar-refractivity contribution < 1.29 is 14.3 Å². The maximum atomic E-state index is 10.6. The Morgan fingerprint density at radius 3 is 2.95 bits per heavy atom. The maximum absolute atomic E-state index is 10.6. The number of halogens is 1. The lowest BCUT2D eigenvalue weighted by atomic mass is 10.3. The molecule has 102 valence electrons. The van der Waals surface area contributed by atoms with Crippen LogP contribution in [0.3, 0.4) is 0 Å². The quantitative estimate of drug-likeness (QED) is 0.850. The minimum atomic E-state index is -0.797. The summed E-state index contributed by atoms with van der Waals surface area (Å²) < 4.78 is 11.8. The number of hydrogen-bond donors (Lipinski definition) is 1. The molecule has 1 heterocycles. The standard InChI is InChI=1S/C12H14ClN3O3/c1-18-8-2-3-9-10(6-8)16(11(7-13)15-9)4-5-19-12(14)17/h2-3,6H,4-5,7H2,1H3,(H2,14,17). The zero-order chi connectivity index (χ0) is 13.8. The van der Waals surface area contributed by atoms with E-state index in [4.69, 9.17) is 26.8 Å². The molecule has 1 amide bonds. The molecule has 0 saturated carbocycles. The minimum Gasteiger partial charge on any atom is -0.497 e. The molecule has 0 saturated heterocycles. The Hall–Kier alpha value is -1.95. The molecule has 0 radical (unpaired) electrons. The van der Waals surface area contributed by atoms with Crippen molar-refractivity contribution in [2.75, 3.05) is 13.7 Å². The minimum absolute atomic E-state index is 0.169. The summed E-state index contributed by atoms with van der Waals surface area (Å²) in [5, 5.41) is 0. The monoisotopic (exact) mass is 283 g/mol. The van der Waals surface area contributed by atoms with Crippen molar-refractivity contribution in [2.24, 2.45) is 5.73 Å². The first-order valence-corrected chi connectivity index (χ1v) is 6.20. The molecule has 2 rings (SSSR count). The molecule has 1 aromatic carbocycles. The first-order chi connectivity index (χ1) is 9.15. The summed E-state index contributed by atoms with van der Waals surface area (Å²) in [5.41, 5.74) is 6.62. The van der Waals surface area contributed by atoms with Gasteiger partial charge in [-0.3, -0.25) is 0 Å². The molecule has 0 bridgehead atoms. The van der Waals surface area contributed by atoms with Crippen LogP contribution in [0.25, 0.3) is 11.0 Å².